The molecule has 7 nitrogen and oxygen atoms in total. The van der Waals surface area contributed by atoms with E-state index >= 15 is 0 Å². The van der Waals surface area contributed by atoms with E-state index in [2.05, 4.69) is 10.3 Å². The van der Waals surface area contributed by atoms with Gasteiger partial charge in [-0.1, -0.05) is 6.07 Å². The number of nitrogens with zero attached hydrogens (tertiary/aromatic N) is 2. The number of sulfonamides is 1. The Balaban J connectivity index is 1.67. The van der Waals surface area contributed by atoms with Gasteiger partial charge in [-0.05, 0) is 41.8 Å². The van der Waals surface area contributed by atoms with Crippen molar-refractivity contribution in [2.45, 2.75) is 17.9 Å². The number of hydrogen-bond donors (Lipinski definition) is 2. The van der Waals surface area contributed by atoms with E-state index < -0.39 is 10.0 Å². The highest BCUT2D eigenvalue weighted by Crippen LogP contribution is 2.22. The molecule has 1 aromatic carbocycles. The van der Waals surface area contributed by atoms with E-state index in [0.29, 0.717) is 12.2 Å². The molecule has 8 heteroatoms. The zero-order valence-corrected chi connectivity index (χ0v) is 13.8. The number of carbonyl (C=O) groups excluding carboxylic acids is 1. The lowest BCUT2D eigenvalue weighted by Crippen LogP contribution is -2.37. The van der Waals surface area contributed by atoms with Crippen LogP contribution in [-0.2, 0) is 27.8 Å². The normalized spacial score (nSPS) is 14.9. The Hall–Kier alpha value is -2.29. The van der Waals surface area contributed by atoms with Crippen LogP contribution in [0.15, 0.2) is 47.6 Å². The van der Waals surface area contributed by atoms with Crippen LogP contribution in [-0.4, -0.2) is 37.3 Å². The fourth-order valence-electron chi connectivity index (χ4n) is 2.74. The number of anilines is 1. The highest BCUT2D eigenvalue weighted by atomic mass is 32.2. The predicted octanol–water partition coefficient (Wildman–Crippen LogP) is 0.726. The largest absolute Gasteiger partial charge is 0.324 e. The molecule has 2 aromatic rings. The number of rotatable bonds is 4. The SMILES string of the molecule is NS(=O)(=O)c1ccc2c(c1)CN(CC(=O)Nc1cccnc1)CC2. The number of hydrogen-bond acceptors (Lipinski definition) is 5. The summed E-state index contributed by atoms with van der Waals surface area (Å²) >= 11 is 0. The number of primary sulfonamides is 1. The van der Waals surface area contributed by atoms with Gasteiger partial charge in [-0.15, -0.1) is 0 Å². The third-order valence-corrected chi connectivity index (χ3v) is 4.82. The summed E-state index contributed by atoms with van der Waals surface area (Å²) in [7, 11) is -3.72. The summed E-state index contributed by atoms with van der Waals surface area (Å²) in [4.78, 5) is 18.1. The third kappa shape index (κ3) is 3.97. The van der Waals surface area contributed by atoms with Gasteiger partial charge < -0.3 is 5.32 Å². The maximum atomic E-state index is 12.1. The number of carbonyl (C=O) groups is 1. The summed E-state index contributed by atoms with van der Waals surface area (Å²) in [5.74, 6) is -0.131. The minimum Gasteiger partial charge on any atom is -0.324 e. The Morgan fingerprint density at radius 2 is 2.12 bits per heavy atom. The number of fused-ring (bicyclic) bond motifs is 1. The number of nitrogens with two attached hydrogens (primary N) is 1. The molecular formula is C16H18N4O3S. The topological polar surface area (TPSA) is 105 Å². The Kier molecular flexibility index (Phi) is 4.61. The Labute approximate surface area is 140 Å². The van der Waals surface area contributed by atoms with Gasteiger partial charge >= 0.3 is 0 Å². The number of nitrogens with one attached hydrogen (secondary N) is 1. The second-order valence-electron chi connectivity index (χ2n) is 5.73. The lowest BCUT2D eigenvalue weighted by Gasteiger charge is -2.28. The molecule has 1 aliphatic rings. The molecule has 3 N–H and O–H groups in total. The van der Waals surface area contributed by atoms with Crippen molar-refractivity contribution in [2.75, 3.05) is 18.4 Å². The number of aromatic nitrogens is 1. The van der Waals surface area contributed by atoms with Gasteiger partial charge in [0.15, 0.2) is 0 Å². The molecule has 0 radical (unpaired) electrons. The fraction of sp³-hybridized carbons (Fsp3) is 0.250. The van der Waals surface area contributed by atoms with Gasteiger partial charge in [0, 0.05) is 19.3 Å². The van der Waals surface area contributed by atoms with Gasteiger partial charge in [-0.3, -0.25) is 14.7 Å². The van der Waals surface area contributed by atoms with Crippen molar-refractivity contribution in [3.8, 4) is 0 Å². The van der Waals surface area contributed by atoms with Crippen LogP contribution in [0, 0.1) is 0 Å². The Morgan fingerprint density at radius 1 is 1.29 bits per heavy atom. The predicted molar refractivity (Wildman–Crippen MR) is 89.7 cm³/mol. The Bertz CT molecular complexity index is 853. The molecule has 0 unspecified atom stereocenters. The van der Waals surface area contributed by atoms with Crippen molar-refractivity contribution in [2.24, 2.45) is 5.14 Å². The zero-order chi connectivity index (χ0) is 17.2. The number of pyridine rings is 1. The Morgan fingerprint density at radius 3 is 2.83 bits per heavy atom. The van der Waals surface area contributed by atoms with Crippen molar-refractivity contribution >= 4 is 21.6 Å². The van der Waals surface area contributed by atoms with Gasteiger partial charge in [-0.2, -0.15) is 0 Å². The van der Waals surface area contributed by atoms with Gasteiger partial charge in [0.1, 0.15) is 0 Å². The van der Waals surface area contributed by atoms with Crippen molar-refractivity contribution in [1.82, 2.24) is 9.88 Å². The molecule has 2 heterocycles. The molecule has 0 spiro atoms. The van der Waals surface area contributed by atoms with Crippen LogP contribution in [0.3, 0.4) is 0 Å². The third-order valence-electron chi connectivity index (χ3n) is 3.91. The van der Waals surface area contributed by atoms with Gasteiger partial charge in [0.25, 0.3) is 0 Å². The molecule has 1 aliphatic heterocycles. The molecule has 0 fully saturated rings. The van der Waals surface area contributed by atoms with Crippen LogP contribution in [0.2, 0.25) is 0 Å². The highest BCUT2D eigenvalue weighted by molar-refractivity contribution is 7.89. The van der Waals surface area contributed by atoms with Crippen molar-refractivity contribution in [1.29, 1.82) is 0 Å². The van der Waals surface area contributed by atoms with E-state index in [0.717, 1.165) is 24.1 Å². The van der Waals surface area contributed by atoms with E-state index in [1.165, 1.54) is 6.07 Å². The number of benzene rings is 1. The molecule has 1 amide bonds. The summed E-state index contributed by atoms with van der Waals surface area (Å²) < 4.78 is 23.0. The molecule has 0 saturated heterocycles. The molecule has 126 valence electrons. The van der Waals surface area contributed by atoms with Gasteiger partial charge in [0.2, 0.25) is 15.9 Å². The van der Waals surface area contributed by atoms with Crippen LogP contribution in [0.5, 0.6) is 0 Å². The van der Waals surface area contributed by atoms with E-state index in [9.17, 15) is 13.2 Å². The van der Waals surface area contributed by atoms with Crippen LogP contribution in [0.25, 0.3) is 0 Å². The van der Waals surface area contributed by atoms with Crippen LogP contribution in [0.1, 0.15) is 11.1 Å². The monoisotopic (exact) mass is 346 g/mol. The molecule has 0 atom stereocenters. The lowest BCUT2D eigenvalue weighted by atomic mass is 10.00. The molecular weight excluding hydrogens is 328 g/mol. The number of amides is 1. The quantitative estimate of drug-likeness (QED) is 0.849. The first-order valence-electron chi connectivity index (χ1n) is 7.49. The summed E-state index contributed by atoms with van der Waals surface area (Å²) in [5, 5.41) is 7.97. The summed E-state index contributed by atoms with van der Waals surface area (Å²) in [6, 6.07) is 8.44. The minimum absolute atomic E-state index is 0.0999. The average Bonchev–Trinajstić information content (AvgIpc) is 2.54. The lowest BCUT2D eigenvalue weighted by molar-refractivity contribution is -0.117. The van der Waals surface area contributed by atoms with E-state index in [1.54, 1.807) is 36.7 Å². The van der Waals surface area contributed by atoms with Gasteiger partial charge in [0.05, 0.1) is 23.3 Å². The van der Waals surface area contributed by atoms with E-state index in [4.69, 9.17) is 5.14 Å². The van der Waals surface area contributed by atoms with E-state index in [-0.39, 0.29) is 17.3 Å². The van der Waals surface area contributed by atoms with E-state index in [1.807, 2.05) is 4.90 Å². The maximum Gasteiger partial charge on any atom is 0.238 e. The minimum atomic E-state index is -3.72. The molecule has 24 heavy (non-hydrogen) atoms. The highest BCUT2D eigenvalue weighted by Gasteiger charge is 2.20. The van der Waals surface area contributed by atoms with Gasteiger partial charge in [-0.25, -0.2) is 13.6 Å². The van der Waals surface area contributed by atoms with Crippen LogP contribution in [0.4, 0.5) is 5.69 Å². The summed E-state index contributed by atoms with van der Waals surface area (Å²) in [6.45, 7) is 1.48. The van der Waals surface area contributed by atoms with Crippen LogP contribution < -0.4 is 10.5 Å². The molecule has 1 aromatic heterocycles. The molecule has 0 aliphatic carbocycles. The van der Waals surface area contributed by atoms with Crippen molar-refractivity contribution in [3.63, 3.8) is 0 Å². The molecule has 3 rings (SSSR count). The zero-order valence-electron chi connectivity index (χ0n) is 13.0. The summed E-state index contributed by atoms with van der Waals surface area (Å²) in [5.41, 5.74) is 2.63. The standard InChI is InChI=1S/C16H18N4O3S/c17-24(22,23)15-4-3-12-5-7-20(10-13(12)8-15)11-16(21)19-14-2-1-6-18-9-14/h1-4,6,8-9H,5,7,10-11H2,(H,19,21)(H2,17,22,23). The smallest absolute Gasteiger partial charge is 0.238 e. The first-order valence-corrected chi connectivity index (χ1v) is 9.03. The fourth-order valence-corrected chi connectivity index (χ4v) is 3.31. The van der Waals surface area contributed by atoms with Crippen molar-refractivity contribution in [3.05, 3.63) is 53.9 Å². The second kappa shape index (κ2) is 6.68. The first kappa shape index (κ1) is 16.6. The maximum absolute atomic E-state index is 12.1. The first-order chi connectivity index (χ1) is 11.4. The van der Waals surface area contributed by atoms with Crippen LogP contribution >= 0.6 is 0 Å². The summed E-state index contributed by atoms with van der Waals surface area (Å²) in [6.07, 6.45) is 3.99. The molecule has 0 saturated carbocycles. The molecule has 0 bridgehead atoms. The average molecular weight is 346 g/mol. The second-order valence-corrected chi connectivity index (χ2v) is 7.29. The van der Waals surface area contributed by atoms with Crippen molar-refractivity contribution < 1.29 is 13.2 Å².